The van der Waals surface area contributed by atoms with Crippen LogP contribution in [0.2, 0.25) is 0 Å². The van der Waals surface area contributed by atoms with Gasteiger partial charge in [-0.1, -0.05) is 18.2 Å². The number of benzene rings is 2. The molecule has 2 amide bonds. The number of likely N-dealkylation sites (N-methyl/N-ethyl adjacent to an activating group) is 1. The lowest BCUT2D eigenvalue weighted by atomic mass is 10.1. The van der Waals surface area contributed by atoms with Crippen LogP contribution in [0.4, 0.5) is 5.69 Å². The Morgan fingerprint density at radius 1 is 1.04 bits per heavy atom. The summed E-state index contributed by atoms with van der Waals surface area (Å²) in [7, 11) is 1.65. The van der Waals surface area contributed by atoms with Crippen LogP contribution in [0, 0.1) is 6.92 Å². The second-order valence-corrected chi connectivity index (χ2v) is 6.06. The van der Waals surface area contributed by atoms with E-state index < -0.39 is 0 Å². The molecule has 3 rings (SSSR count). The number of carbonyl (C=O) groups excluding carboxylic acids is 2. The maximum Gasteiger partial charge on any atom is 0.261 e. The fraction of sp³-hybridized carbons (Fsp3) is 0.300. The Bertz CT molecular complexity index is 781. The average Bonchev–Trinajstić information content (AvgIpc) is 2.87. The summed E-state index contributed by atoms with van der Waals surface area (Å²) in [6.07, 6.45) is 0. The number of rotatable bonds is 6. The number of carbonyl (C=O) groups is 2. The summed E-state index contributed by atoms with van der Waals surface area (Å²) in [5.41, 5.74) is 3.09. The van der Waals surface area contributed by atoms with Crippen molar-refractivity contribution < 1.29 is 14.3 Å². The molecule has 0 fully saturated rings. The minimum Gasteiger partial charge on any atom is -0.495 e. The zero-order valence-corrected chi connectivity index (χ0v) is 14.8. The van der Waals surface area contributed by atoms with Crippen LogP contribution in [0.15, 0.2) is 42.5 Å². The number of imide groups is 1. The molecule has 0 saturated heterocycles. The molecule has 130 valence electrons. The summed E-state index contributed by atoms with van der Waals surface area (Å²) < 4.78 is 5.46. The molecular weight excluding hydrogens is 316 g/mol. The van der Waals surface area contributed by atoms with Crippen LogP contribution >= 0.6 is 0 Å². The van der Waals surface area contributed by atoms with Gasteiger partial charge in [-0.15, -0.1) is 0 Å². The first-order chi connectivity index (χ1) is 12.1. The van der Waals surface area contributed by atoms with Gasteiger partial charge in [-0.2, -0.15) is 0 Å². The van der Waals surface area contributed by atoms with Crippen molar-refractivity contribution in [3.8, 4) is 5.75 Å². The molecule has 0 aliphatic carbocycles. The van der Waals surface area contributed by atoms with Gasteiger partial charge in [0.15, 0.2) is 0 Å². The summed E-state index contributed by atoms with van der Waals surface area (Å²) in [4.78, 5) is 28.4. The number of hydrogen-bond donors (Lipinski definition) is 0. The highest BCUT2D eigenvalue weighted by Crippen LogP contribution is 2.29. The van der Waals surface area contributed by atoms with Crippen molar-refractivity contribution in [3.05, 3.63) is 59.2 Å². The van der Waals surface area contributed by atoms with Gasteiger partial charge in [0.2, 0.25) is 0 Å². The van der Waals surface area contributed by atoms with Crippen LogP contribution in [0.3, 0.4) is 0 Å². The number of aryl methyl sites for hydroxylation is 1. The lowest BCUT2D eigenvalue weighted by Crippen LogP contribution is -2.38. The Hall–Kier alpha value is -2.82. The predicted octanol–water partition coefficient (Wildman–Crippen LogP) is 3.13. The molecule has 1 heterocycles. The van der Waals surface area contributed by atoms with Gasteiger partial charge in [0.25, 0.3) is 11.8 Å². The number of methoxy groups -OCH3 is 1. The Labute approximate surface area is 147 Å². The second-order valence-electron chi connectivity index (χ2n) is 6.06. The Morgan fingerprint density at radius 2 is 1.68 bits per heavy atom. The van der Waals surface area contributed by atoms with Crippen LogP contribution in [-0.4, -0.2) is 43.5 Å². The summed E-state index contributed by atoms with van der Waals surface area (Å²) in [6.45, 7) is 5.73. The molecular formula is C20H22N2O3. The standard InChI is InChI=1S/C20H22N2O3/c1-4-21(17-13-14(2)9-10-18(17)25-3)11-12-22-19(23)15-7-5-6-8-16(15)20(22)24/h5-10,13H,4,11-12H2,1-3H3. The third kappa shape index (κ3) is 3.09. The molecule has 0 N–H and O–H groups in total. The smallest absolute Gasteiger partial charge is 0.261 e. The Kier molecular flexibility index (Phi) is 4.74. The molecule has 1 aliphatic heterocycles. The number of amides is 2. The van der Waals surface area contributed by atoms with Crippen molar-refractivity contribution in [2.75, 3.05) is 31.6 Å². The van der Waals surface area contributed by atoms with E-state index in [1.54, 1.807) is 31.4 Å². The van der Waals surface area contributed by atoms with E-state index >= 15 is 0 Å². The van der Waals surface area contributed by atoms with Crippen molar-refractivity contribution in [2.24, 2.45) is 0 Å². The third-order valence-corrected chi connectivity index (χ3v) is 4.53. The van der Waals surface area contributed by atoms with E-state index in [4.69, 9.17) is 4.74 Å². The van der Waals surface area contributed by atoms with E-state index in [2.05, 4.69) is 11.0 Å². The lowest BCUT2D eigenvalue weighted by Gasteiger charge is -2.27. The summed E-state index contributed by atoms with van der Waals surface area (Å²) in [6, 6.07) is 13.0. The van der Waals surface area contributed by atoms with Gasteiger partial charge in [-0.05, 0) is 43.7 Å². The van der Waals surface area contributed by atoms with Crippen molar-refractivity contribution >= 4 is 17.5 Å². The Balaban J connectivity index is 1.78. The molecule has 1 aliphatic rings. The summed E-state index contributed by atoms with van der Waals surface area (Å²) >= 11 is 0. The van der Waals surface area contributed by atoms with Crippen LogP contribution < -0.4 is 9.64 Å². The maximum absolute atomic E-state index is 12.5. The predicted molar refractivity (Wildman–Crippen MR) is 97.4 cm³/mol. The van der Waals surface area contributed by atoms with Gasteiger partial charge < -0.3 is 9.64 Å². The van der Waals surface area contributed by atoms with Crippen LogP contribution in [-0.2, 0) is 0 Å². The molecule has 0 radical (unpaired) electrons. The monoisotopic (exact) mass is 338 g/mol. The van der Waals surface area contributed by atoms with Crippen molar-refractivity contribution in [3.63, 3.8) is 0 Å². The number of anilines is 1. The molecule has 0 saturated carbocycles. The fourth-order valence-electron chi connectivity index (χ4n) is 3.16. The first kappa shape index (κ1) is 17.0. The van der Waals surface area contributed by atoms with Crippen LogP contribution in [0.1, 0.15) is 33.2 Å². The number of fused-ring (bicyclic) bond motifs is 1. The highest BCUT2D eigenvalue weighted by molar-refractivity contribution is 6.21. The molecule has 2 aromatic rings. The highest BCUT2D eigenvalue weighted by atomic mass is 16.5. The van der Waals surface area contributed by atoms with E-state index in [0.717, 1.165) is 23.5 Å². The number of hydrogen-bond acceptors (Lipinski definition) is 4. The molecule has 0 atom stereocenters. The maximum atomic E-state index is 12.5. The largest absolute Gasteiger partial charge is 0.495 e. The SMILES string of the molecule is CCN(CCN1C(=O)c2ccccc2C1=O)c1cc(C)ccc1OC. The first-order valence-electron chi connectivity index (χ1n) is 8.41. The molecule has 0 bridgehead atoms. The molecule has 5 nitrogen and oxygen atoms in total. The normalized spacial score (nSPS) is 13.2. The minimum absolute atomic E-state index is 0.215. The quantitative estimate of drug-likeness (QED) is 0.760. The summed E-state index contributed by atoms with van der Waals surface area (Å²) in [5, 5.41) is 0. The van der Waals surface area contributed by atoms with Crippen LogP contribution in [0.5, 0.6) is 5.75 Å². The van der Waals surface area contributed by atoms with E-state index in [9.17, 15) is 9.59 Å². The molecule has 5 heteroatoms. The zero-order valence-electron chi connectivity index (χ0n) is 14.8. The molecule has 0 unspecified atom stereocenters. The van der Waals surface area contributed by atoms with E-state index in [1.165, 1.54) is 4.90 Å². The van der Waals surface area contributed by atoms with Gasteiger partial charge in [0, 0.05) is 19.6 Å². The molecule has 25 heavy (non-hydrogen) atoms. The van der Waals surface area contributed by atoms with Gasteiger partial charge in [-0.25, -0.2) is 0 Å². The van der Waals surface area contributed by atoms with Crippen molar-refractivity contribution in [1.82, 2.24) is 4.90 Å². The van der Waals surface area contributed by atoms with Crippen LogP contribution in [0.25, 0.3) is 0 Å². The van der Waals surface area contributed by atoms with E-state index in [1.807, 2.05) is 26.0 Å². The van der Waals surface area contributed by atoms with Gasteiger partial charge >= 0.3 is 0 Å². The molecule has 2 aromatic carbocycles. The first-order valence-corrected chi connectivity index (χ1v) is 8.41. The third-order valence-electron chi connectivity index (χ3n) is 4.53. The van der Waals surface area contributed by atoms with Gasteiger partial charge in [-0.3, -0.25) is 14.5 Å². The van der Waals surface area contributed by atoms with Crippen molar-refractivity contribution in [1.29, 1.82) is 0 Å². The lowest BCUT2D eigenvalue weighted by molar-refractivity contribution is 0.0658. The van der Waals surface area contributed by atoms with E-state index in [-0.39, 0.29) is 11.8 Å². The van der Waals surface area contributed by atoms with E-state index in [0.29, 0.717) is 24.2 Å². The topological polar surface area (TPSA) is 49.9 Å². The Morgan fingerprint density at radius 3 is 2.24 bits per heavy atom. The zero-order chi connectivity index (χ0) is 18.0. The highest BCUT2D eigenvalue weighted by Gasteiger charge is 2.34. The molecule has 0 aromatic heterocycles. The second kappa shape index (κ2) is 6.97. The minimum atomic E-state index is -0.215. The van der Waals surface area contributed by atoms with Crippen molar-refractivity contribution in [2.45, 2.75) is 13.8 Å². The van der Waals surface area contributed by atoms with Gasteiger partial charge in [0.1, 0.15) is 5.75 Å². The number of nitrogens with zero attached hydrogens (tertiary/aromatic N) is 2. The molecule has 0 spiro atoms. The van der Waals surface area contributed by atoms with Gasteiger partial charge in [0.05, 0.1) is 23.9 Å². The average molecular weight is 338 g/mol. The summed E-state index contributed by atoms with van der Waals surface area (Å²) in [5.74, 6) is 0.357. The number of ether oxygens (including phenoxy) is 1. The fourth-order valence-corrected chi connectivity index (χ4v) is 3.16.